The summed E-state index contributed by atoms with van der Waals surface area (Å²) in [6.07, 6.45) is 4.84. The van der Waals surface area contributed by atoms with Crippen molar-refractivity contribution in [3.05, 3.63) is 17.7 Å². The average molecular weight is 249 g/mol. The van der Waals surface area contributed by atoms with Crippen LogP contribution in [0.4, 0.5) is 0 Å². The highest BCUT2D eigenvalue weighted by atomic mass is 16.3. The first-order valence-electron chi connectivity index (χ1n) is 7.11. The minimum atomic E-state index is -0.191. The van der Waals surface area contributed by atoms with Gasteiger partial charge in [-0.05, 0) is 33.2 Å². The summed E-state index contributed by atoms with van der Waals surface area (Å²) in [6.45, 7) is 7.77. The molecule has 100 valence electrons. The van der Waals surface area contributed by atoms with Crippen LogP contribution in [0.2, 0.25) is 0 Å². The summed E-state index contributed by atoms with van der Waals surface area (Å²) in [5, 5.41) is 9.68. The summed E-state index contributed by atoms with van der Waals surface area (Å²) in [5.74, 6) is 1.66. The molecule has 0 bridgehead atoms. The van der Waals surface area contributed by atoms with E-state index in [0.717, 1.165) is 31.8 Å². The molecule has 4 nitrogen and oxygen atoms in total. The number of aliphatic hydroxyl groups excluding tert-OH is 1. The van der Waals surface area contributed by atoms with Crippen molar-refractivity contribution in [2.75, 3.05) is 13.1 Å². The summed E-state index contributed by atoms with van der Waals surface area (Å²) in [4.78, 5) is 7.28. The van der Waals surface area contributed by atoms with E-state index in [1.54, 1.807) is 0 Å². The van der Waals surface area contributed by atoms with Gasteiger partial charge in [-0.2, -0.15) is 0 Å². The summed E-state index contributed by atoms with van der Waals surface area (Å²) in [7, 11) is 0. The van der Waals surface area contributed by atoms with Gasteiger partial charge in [0.15, 0.2) is 0 Å². The van der Waals surface area contributed by atoms with E-state index in [4.69, 9.17) is 4.98 Å². The lowest BCUT2D eigenvalue weighted by Gasteiger charge is -2.19. The molecular weight excluding hydrogens is 226 g/mol. The minimum Gasteiger partial charge on any atom is -0.393 e. The molecule has 2 aliphatic heterocycles. The zero-order valence-electron chi connectivity index (χ0n) is 11.3. The molecule has 1 fully saturated rings. The Morgan fingerprint density at radius 3 is 2.89 bits per heavy atom. The molecule has 0 spiro atoms. The zero-order chi connectivity index (χ0) is 12.7. The molecular formula is C14H23N3O. The van der Waals surface area contributed by atoms with Crippen molar-refractivity contribution < 1.29 is 5.11 Å². The molecule has 3 heterocycles. The molecule has 0 amide bonds. The molecule has 1 aromatic heterocycles. The Kier molecular flexibility index (Phi) is 3.16. The third kappa shape index (κ3) is 2.19. The van der Waals surface area contributed by atoms with E-state index in [-0.39, 0.29) is 6.10 Å². The van der Waals surface area contributed by atoms with Crippen LogP contribution in [0.1, 0.15) is 44.1 Å². The standard InChI is InChI=1S/C14H23N3O/c1-10(2)16-5-3-11(8-16)13-9-17-6-4-12(18)7-14(17)15-13/h9-12,18H,3-8H2,1-2H3. The van der Waals surface area contributed by atoms with E-state index in [1.165, 1.54) is 18.7 Å². The molecule has 2 unspecified atom stereocenters. The number of aliphatic hydroxyl groups is 1. The highest BCUT2D eigenvalue weighted by molar-refractivity contribution is 5.14. The number of hydrogen-bond donors (Lipinski definition) is 1. The van der Waals surface area contributed by atoms with Crippen molar-refractivity contribution in [2.45, 2.75) is 57.7 Å². The first kappa shape index (κ1) is 12.2. The van der Waals surface area contributed by atoms with E-state index in [1.807, 2.05) is 0 Å². The fraction of sp³-hybridized carbons (Fsp3) is 0.786. The number of nitrogens with zero attached hydrogens (tertiary/aromatic N) is 3. The van der Waals surface area contributed by atoms with Gasteiger partial charge in [0.25, 0.3) is 0 Å². The van der Waals surface area contributed by atoms with Crippen LogP contribution < -0.4 is 0 Å². The molecule has 2 aliphatic rings. The smallest absolute Gasteiger partial charge is 0.111 e. The van der Waals surface area contributed by atoms with Crippen LogP contribution in [-0.4, -0.2) is 44.8 Å². The largest absolute Gasteiger partial charge is 0.393 e. The van der Waals surface area contributed by atoms with E-state index in [2.05, 4.69) is 29.5 Å². The van der Waals surface area contributed by atoms with Crippen molar-refractivity contribution >= 4 is 0 Å². The Morgan fingerprint density at radius 1 is 1.33 bits per heavy atom. The fourth-order valence-corrected chi connectivity index (χ4v) is 3.13. The van der Waals surface area contributed by atoms with Crippen molar-refractivity contribution in [3.63, 3.8) is 0 Å². The number of hydrogen-bond acceptors (Lipinski definition) is 3. The second kappa shape index (κ2) is 4.67. The zero-order valence-corrected chi connectivity index (χ0v) is 11.3. The topological polar surface area (TPSA) is 41.3 Å². The summed E-state index contributed by atoms with van der Waals surface area (Å²) < 4.78 is 2.24. The molecule has 0 radical (unpaired) electrons. The minimum absolute atomic E-state index is 0.191. The van der Waals surface area contributed by atoms with Crippen LogP contribution in [0.25, 0.3) is 0 Å². The first-order chi connectivity index (χ1) is 8.63. The summed E-state index contributed by atoms with van der Waals surface area (Å²) >= 11 is 0. The van der Waals surface area contributed by atoms with Gasteiger partial charge in [0.1, 0.15) is 5.82 Å². The lowest BCUT2D eigenvalue weighted by Crippen LogP contribution is -2.27. The average Bonchev–Trinajstić information content (AvgIpc) is 2.93. The number of rotatable bonds is 2. The quantitative estimate of drug-likeness (QED) is 0.861. The molecule has 1 N–H and O–H groups in total. The van der Waals surface area contributed by atoms with Gasteiger partial charge in [0.2, 0.25) is 0 Å². The number of aryl methyl sites for hydroxylation is 1. The SMILES string of the molecule is CC(C)N1CCC(c2cn3c(n2)CC(O)CC3)C1. The fourth-order valence-electron chi connectivity index (χ4n) is 3.13. The Morgan fingerprint density at radius 2 is 2.17 bits per heavy atom. The monoisotopic (exact) mass is 249 g/mol. The van der Waals surface area contributed by atoms with Crippen molar-refractivity contribution in [2.24, 2.45) is 0 Å². The van der Waals surface area contributed by atoms with Gasteiger partial charge in [0.05, 0.1) is 11.8 Å². The van der Waals surface area contributed by atoms with Crippen LogP contribution in [0.3, 0.4) is 0 Å². The Bertz CT molecular complexity index is 427. The second-order valence-corrected chi connectivity index (χ2v) is 6.00. The Labute approximate surface area is 109 Å². The van der Waals surface area contributed by atoms with Crippen LogP contribution in [0.15, 0.2) is 6.20 Å². The molecule has 0 aromatic carbocycles. The highest BCUT2D eigenvalue weighted by Crippen LogP contribution is 2.29. The van der Waals surface area contributed by atoms with Crippen LogP contribution >= 0.6 is 0 Å². The Balaban J connectivity index is 1.74. The van der Waals surface area contributed by atoms with Crippen LogP contribution in [0.5, 0.6) is 0 Å². The maximum absolute atomic E-state index is 9.68. The molecule has 1 saturated heterocycles. The maximum atomic E-state index is 9.68. The first-order valence-corrected chi connectivity index (χ1v) is 7.11. The summed E-state index contributed by atoms with van der Waals surface area (Å²) in [5.41, 5.74) is 1.24. The number of imidazole rings is 1. The van der Waals surface area contributed by atoms with Crippen molar-refractivity contribution in [1.82, 2.24) is 14.5 Å². The maximum Gasteiger partial charge on any atom is 0.111 e. The van der Waals surface area contributed by atoms with Crippen molar-refractivity contribution in [1.29, 1.82) is 0 Å². The van der Waals surface area contributed by atoms with Gasteiger partial charge in [0, 0.05) is 37.7 Å². The molecule has 0 saturated carbocycles. The summed E-state index contributed by atoms with van der Waals surface area (Å²) in [6, 6.07) is 0.633. The normalized spacial score (nSPS) is 28.9. The van der Waals surface area contributed by atoms with E-state index in [9.17, 15) is 5.11 Å². The van der Waals surface area contributed by atoms with Gasteiger partial charge in [-0.3, -0.25) is 0 Å². The highest BCUT2D eigenvalue weighted by Gasteiger charge is 2.28. The third-order valence-electron chi connectivity index (χ3n) is 4.37. The van der Waals surface area contributed by atoms with Gasteiger partial charge in [-0.25, -0.2) is 4.98 Å². The van der Waals surface area contributed by atoms with E-state index in [0.29, 0.717) is 12.0 Å². The van der Waals surface area contributed by atoms with Gasteiger partial charge < -0.3 is 14.6 Å². The molecule has 3 rings (SSSR count). The third-order valence-corrected chi connectivity index (χ3v) is 4.37. The van der Waals surface area contributed by atoms with E-state index < -0.39 is 0 Å². The predicted octanol–water partition coefficient (Wildman–Crippen LogP) is 1.39. The Hall–Kier alpha value is -0.870. The molecule has 0 aliphatic carbocycles. The molecule has 18 heavy (non-hydrogen) atoms. The van der Waals surface area contributed by atoms with Crippen LogP contribution in [0, 0.1) is 0 Å². The van der Waals surface area contributed by atoms with Crippen LogP contribution in [-0.2, 0) is 13.0 Å². The number of aromatic nitrogens is 2. The number of fused-ring (bicyclic) bond motifs is 1. The second-order valence-electron chi connectivity index (χ2n) is 6.00. The van der Waals surface area contributed by atoms with Crippen molar-refractivity contribution in [3.8, 4) is 0 Å². The van der Waals surface area contributed by atoms with Gasteiger partial charge in [-0.1, -0.05) is 0 Å². The van der Waals surface area contributed by atoms with Gasteiger partial charge >= 0.3 is 0 Å². The lowest BCUT2D eigenvalue weighted by atomic mass is 10.1. The molecule has 4 heteroatoms. The lowest BCUT2D eigenvalue weighted by molar-refractivity contribution is 0.141. The molecule has 2 atom stereocenters. The van der Waals surface area contributed by atoms with Gasteiger partial charge in [-0.15, -0.1) is 0 Å². The molecule has 1 aromatic rings. The predicted molar refractivity (Wildman–Crippen MR) is 70.6 cm³/mol. The van der Waals surface area contributed by atoms with E-state index >= 15 is 0 Å². The number of likely N-dealkylation sites (tertiary alicyclic amines) is 1.